The average molecular weight is 339 g/mol. The molecule has 1 spiro atoms. The third kappa shape index (κ3) is 2.37. The summed E-state index contributed by atoms with van der Waals surface area (Å²) < 4.78 is 5.45. The molecule has 1 atom stereocenters. The van der Waals surface area contributed by atoms with Crippen LogP contribution in [0.2, 0.25) is 0 Å². The summed E-state index contributed by atoms with van der Waals surface area (Å²) in [4.78, 5) is 27.3. The van der Waals surface area contributed by atoms with E-state index in [0.717, 1.165) is 18.4 Å². The fourth-order valence-corrected chi connectivity index (χ4v) is 4.61. The Kier molecular flexibility index (Phi) is 3.67. The molecule has 130 valence electrons. The van der Waals surface area contributed by atoms with Crippen LogP contribution in [0, 0.1) is 6.92 Å². The van der Waals surface area contributed by atoms with Gasteiger partial charge in [0, 0.05) is 5.56 Å². The number of amides is 1. The van der Waals surface area contributed by atoms with Crippen LogP contribution in [0.3, 0.4) is 0 Å². The molecule has 1 N–H and O–H groups in total. The second kappa shape index (κ2) is 5.76. The van der Waals surface area contributed by atoms with Crippen LogP contribution in [0.4, 0.5) is 0 Å². The molecule has 0 radical (unpaired) electrons. The molecule has 2 aliphatic rings. The van der Waals surface area contributed by atoms with Gasteiger partial charge in [-0.05, 0) is 43.5 Å². The van der Waals surface area contributed by atoms with E-state index in [2.05, 4.69) is 0 Å². The summed E-state index contributed by atoms with van der Waals surface area (Å²) in [6, 6.07) is 9.12. The summed E-state index contributed by atoms with van der Waals surface area (Å²) in [6.07, 6.45) is 4.88. The number of carbonyl (C=O) groups excluding carboxylic acids is 1. The van der Waals surface area contributed by atoms with Crippen LogP contribution in [-0.2, 0) is 11.3 Å². The Bertz CT molecular complexity index is 818. The van der Waals surface area contributed by atoms with Crippen LogP contribution in [-0.4, -0.2) is 27.4 Å². The van der Waals surface area contributed by atoms with Gasteiger partial charge in [-0.1, -0.05) is 30.5 Å². The van der Waals surface area contributed by atoms with Crippen molar-refractivity contribution < 1.29 is 19.1 Å². The lowest BCUT2D eigenvalue weighted by atomic mass is 9.71. The number of aryl methyl sites for hydroxylation is 1. The minimum Gasteiger partial charge on any atom is -0.481 e. The zero-order valence-electron chi connectivity index (χ0n) is 14.2. The van der Waals surface area contributed by atoms with E-state index in [1.807, 2.05) is 25.1 Å². The molecular weight excluding hydrogens is 318 g/mol. The number of carbonyl (C=O) groups is 2. The highest BCUT2D eigenvalue weighted by Crippen LogP contribution is 2.51. The fourth-order valence-electron chi connectivity index (χ4n) is 4.61. The predicted octanol–water partition coefficient (Wildman–Crippen LogP) is 3.73. The van der Waals surface area contributed by atoms with Crippen LogP contribution in [0.25, 0.3) is 0 Å². The third-order valence-electron chi connectivity index (χ3n) is 5.68. The first-order chi connectivity index (χ1) is 12.0. The number of aliphatic carboxylic acids is 1. The summed E-state index contributed by atoms with van der Waals surface area (Å²) in [6.45, 7) is 2.24. The Labute approximate surface area is 146 Å². The highest BCUT2D eigenvalue weighted by molar-refractivity contribution is 6.01. The molecule has 1 saturated carbocycles. The second-order valence-corrected chi connectivity index (χ2v) is 7.14. The Balaban J connectivity index is 1.90. The molecule has 0 saturated heterocycles. The van der Waals surface area contributed by atoms with Crippen LogP contribution in [0.1, 0.15) is 58.8 Å². The Morgan fingerprint density at radius 2 is 2.08 bits per heavy atom. The number of hydrogen-bond acceptors (Lipinski definition) is 3. The van der Waals surface area contributed by atoms with Crippen molar-refractivity contribution >= 4 is 11.9 Å². The van der Waals surface area contributed by atoms with E-state index in [-0.39, 0.29) is 5.91 Å². The first-order valence-electron chi connectivity index (χ1n) is 8.71. The largest absolute Gasteiger partial charge is 0.481 e. The van der Waals surface area contributed by atoms with Gasteiger partial charge >= 0.3 is 5.97 Å². The smallest absolute Gasteiger partial charge is 0.313 e. The molecule has 2 heterocycles. The normalized spacial score (nSPS) is 21.6. The Hall–Kier alpha value is -2.56. The molecule has 5 nitrogen and oxygen atoms in total. The molecule has 1 fully saturated rings. The summed E-state index contributed by atoms with van der Waals surface area (Å²) in [5, 5.41) is 10.1. The van der Waals surface area contributed by atoms with Crippen molar-refractivity contribution in [3.05, 3.63) is 59.0 Å². The SMILES string of the molecule is Cc1ccc2c(c1)C(C(=O)O)C1(CCCC1)N(Cc1ccco1)C2=O. The van der Waals surface area contributed by atoms with Crippen molar-refractivity contribution in [2.24, 2.45) is 0 Å². The number of nitrogens with zero attached hydrogens (tertiary/aromatic N) is 1. The van der Waals surface area contributed by atoms with Gasteiger partial charge in [-0.15, -0.1) is 0 Å². The third-order valence-corrected chi connectivity index (χ3v) is 5.68. The summed E-state index contributed by atoms with van der Waals surface area (Å²) in [7, 11) is 0. The van der Waals surface area contributed by atoms with Crippen LogP contribution in [0.5, 0.6) is 0 Å². The number of hydrogen-bond donors (Lipinski definition) is 1. The lowest BCUT2D eigenvalue weighted by molar-refractivity contribution is -0.143. The summed E-state index contributed by atoms with van der Waals surface area (Å²) >= 11 is 0. The van der Waals surface area contributed by atoms with E-state index in [4.69, 9.17) is 4.42 Å². The molecule has 1 amide bonds. The molecule has 1 aliphatic heterocycles. The zero-order valence-corrected chi connectivity index (χ0v) is 14.2. The number of carboxylic acid groups (broad SMARTS) is 1. The molecular formula is C20H21NO4. The van der Waals surface area contributed by atoms with E-state index in [1.165, 1.54) is 0 Å². The fraction of sp³-hybridized carbons (Fsp3) is 0.400. The van der Waals surface area contributed by atoms with Gasteiger partial charge in [0.25, 0.3) is 5.91 Å². The highest BCUT2D eigenvalue weighted by Gasteiger charge is 2.56. The van der Waals surface area contributed by atoms with Gasteiger partial charge in [0.05, 0.1) is 18.3 Å². The van der Waals surface area contributed by atoms with Crippen molar-refractivity contribution in [3.63, 3.8) is 0 Å². The topological polar surface area (TPSA) is 70.8 Å². The van der Waals surface area contributed by atoms with Crippen molar-refractivity contribution in [3.8, 4) is 0 Å². The second-order valence-electron chi connectivity index (χ2n) is 7.14. The Morgan fingerprint density at radius 3 is 2.72 bits per heavy atom. The zero-order chi connectivity index (χ0) is 17.6. The molecule has 1 aromatic carbocycles. The van der Waals surface area contributed by atoms with Gasteiger partial charge in [0.1, 0.15) is 11.7 Å². The van der Waals surface area contributed by atoms with E-state index >= 15 is 0 Å². The first-order valence-corrected chi connectivity index (χ1v) is 8.71. The van der Waals surface area contributed by atoms with Gasteiger partial charge in [-0.2, -0.15) is 0 Å². The number of benzene rings is 1. The van der Waals surface area contributed by atoms with Crippen LogP contribution < -0.4 is 0 Å². The quantitative estimate of drug-likeness (QED) is 0.925. The van der Waals surface area contributed by atoms with Crippen molar-refractivity contribution in [1.82, 2.24) is 4.90 Å². The van der Waals surface area contributed by atoms with E-state index in [1.54, 1.807) is 23.3 Å². The van der Waals surface area contributed by atoms with Crippen molar-refractivity contribution in [1.29, 1.82) is 0 Å². The maximum absolute atomic E-state index is 13.3. The molecule has 0 bridgehead atoms. The van der Waals surface area contributed by atoms with Gasteiger partial charge in [-0.3, -0.25) is 9.59 Å². The van der Waals surface area contributed by atoms with E-state index in [9.17, 15) is 14.7 Å². The lowest BCUT2D eigenvalue weighted by Gasteiger charge is -2.49. The summed E-state index contributed by atoms with van der Waals surface area (Å²) in [5.41, 5.74) is 1.47. The van der Waals surface area contributed by atoms with E-state index in [0.29, 0.717) is 36.3 Å². The predicted molar refractivity (Wildman–Crippen MR) is 91.3 cm³/mol. The number of fused-ring (bicyclic) bond motifs is 1. The van der Waals surface area contributed by atoms with Gasteiger partial charge in [0.2, 0.25) is 0 Å². The number of rotatable bonds is 3. The molecule has 25 heavy (non-hydrogen) atoms. The molecule has 2 aromatic rings. The summed E-state index contributed by atoms with van der Waals surface area (Å²) in [5.74, 6) is -0.964. The van der Waals surface area contributed by atoms with Gasteiger partial charge < -0.3 is 14.4 Å². The minimum absolute atomic E-state index is 0.0919. The minimum atomic E-state index is -0.856. The van der Waals surface area contributed by atoms with Gasteiger partial charge in [-0.25, -0.2) is 0 Å². The van der Waals surface area contributed by atoms with Crippen LogP contribution >= 0.6 is 0 Å². The molecule has 1 unspecified atom stereocenters. The lowest BCUT2D eigenvalue weighted by Crippen LogP contribution is -2.58. The monoisotopic (exact) mass is 339 g/mol. The number of carboxylic acids is 1. The van der Waals surface area contributed by atoms with Crippen LogP contribution in [0.15, 0.2) is 41.0 Å². The molecule has 5 heteroatoms. The maximum Gasteiger partial charge on any atom is 0.313 e. The first kappa shape index (κ1) is 15.9. The Morgan fingerprint density at radius 1 is 1.32 bits per heavy atom. The highest BCUT2D eigenvalue weighted by atomic mass is 16.4. The molecule has 1 aromatic heterocycles. The maximum atomic E-state index is 13.3. The number of furan rings is 1. The van der Waals surface area contributed by atoms with E-state index < -0.39 is 17.4 Å². The standard InChI is InChI=1S/C20H21NO4/c1-13-6-7-15-16(11-13)17(19(23)24)20(8-2-3-9-20)21(18(15)22)12-14-5-4-10-25-14/h4-7,10-11,17H,2-3,8-9,12H2,1H3,(H,23,24). The van der Waals surface area contributed by atoms with Crippen molar-refractivity contribution in [2.45, 2.75) is 50.6 Å². The molecule has 1 aliphatic carbocycles. The molecule has 4 rings (SSSR count). The van der Waals surface area contributed by atoms with Crippen molar-refractivity contribution in [2.75, 3.05) is 0 Å². The average Bonchev–Trinajstić information content (AvgIpc) is 3.23. The van der Waals surface area contributed by atoms with Gasteiger partial charge in [0.15, 0.2) is 0 Å².